The summed E-state index contributed by atoms with van der Waals surface area (Å²) in [6, 6.07) is 5.58. The van der Waals surface area contributed by atoms with E-state index in [-0.39, 0.29) is 5.91 Å². The van der Waals surface area contributed by atoms with Gasteiger partial charge in [0.1, 0.15) is 5.82 Å². The molecule has 2 rings (SSSR count). The molecule has 1 N–H and O–H groups in total. The van der Waals surface area contributed by atoms with Gasteiger partial charge in [0, 0.05) is 12.0 Å². The molecule has 0 bridgehead atoms. The third-order valence-electron chi connectivity index (χ3n) is 2.76. The van der Waals surface area contributed by atoms with Crippen LogP contribution in [-0.4, -0.2) is 23.8 Å². The summed E-state index contributed by atoms with van der Waals surface area (Å²) < 4.78 is 13.0. The highest BCUT2D eigenvalue weighted by atomic mass is 19.1. The van der Waals surface area contributed by atoms with Gasteiger partial charge in [-0.05, 0) is 32.0 Å². The molecule has 18 heavy (non-hydrogen) atoms. The Hall–Kier alpha value is -1.91. The first kappa shape index (κ1) is 12.5. The highest BCUT2D eigenvalue weighted by molar-refractivity contribution is 5.94. The molecule has 0 spiro atoms. The van der Waals surface area contributed by atoms with Crippen LogP contribution in [0.3, 0.4) is 0 Å². The monoisotopic (exact) mass is 250 g/mol. The van der Waals surface area contributed by atoms with Crippen LogP contribution in [0, 0.1) is 5.82 Å². The van der Waals surface area contributed by atoms with Crippen LogP contribution < -0.4 is 5.32 Å². The number of oxime groups is 1. The normalized spacial score (nSPS) is 22.3. The Morgan fingerprint density at radius 3 is 3.00 bits per heavy atom. The van der Waals surface area contributed by atoms with Gasteiger partial charge in [-0.25, -0.2) is 4.39 Å². The standard InChI is InChI=1S/C13H15FN2O2/c1-9-7-13(2,18-16-9)8-15-12(17)10-4-3-5-11(14)6-10/h3-6H,7-8H2,1-2H3,(H,15,17)/t13-/m1/s1. The Labute approximate surface area is 105 Å². The molecule has 0 aromatic heterocycles. The van der Waals surface area contributed by atoms with E-state index in [1.54, 1.807) is 6.07 Å². The van der Waals surface area contributed by atoms with Gasteiger partial charge in [0.25, 0.3) is 5.91 Å². The first-order valence-electron chi connectivity index (χ1n) is 5.74. The van der Waals surface area contributed by atoms with Gasteiger partial charge in [0.05, 0.1) is 12.3 Å². The zero-order valence-corrected chi connectivity index (χ0v) is 10.4. The van der Waals surface area contributed by atoms with Gasteiger partial charge in [-0.2, -0.15) is 0 Å². The maximum absolute atomic E-state index is 13.0. The number of hydrogen-bond donors (Lipinski definition) is 1. The fourth-order valence-corrected chi connectivity index (χ4v) is 1.89. The van der Waals surface area contributed by atoms with Crippen LogP contribution >= 0.6 is 0 Å². The summed E-state index contributed by atoms with van der Waals surface area (Å²) in [5, 5.41) is 6.58. The van der Waals surface area contributed by atoms with Crippen LogP contribution in [-0.2, 0) is 4.84 Å². The number of carbonyl (C=O) groups excluding carboxylic acids is 1. The lowest BCUT2D eigenvalue weighted by molar-refractivity contribution is -0.00181. The molecule has 0 unspecified atom stereocenters. The van der Waals surface area contributed by atoms with Gasteiger partial charge in [-0.3, -0.25) is 4.79 Å². The third-order valence-corrected chi connectivity index (χ3v) is 2.76. The predicted octanol–water partition coefficient (Wildman–Crippen LogP) is 2.11. The topological polar surface area (TPSA) is 50.7 Å². The average Bonchev–Trinajstić information content (AvgIpc) is 2.67. The number of nitrogens with zero attached hydrogens (tertiary/aromatic N) is 1. The molecule has 0 radical (unpaired) electrons. The van der Waals surface area contributed by atoms with Crippen molar-refractivity contribution < 1.29 is 14.0 Å². The fourth-order valence-electron chi connectivity index (χ4n) is 1.89. The van der Waals surface area contributed by atoms with Crippen LogP contribution in [0.5, 0.6) is 0 Å². The number of hydrogen-bond acceptors (Lipinski definition) is 3. The highest BCUT2D eigenvalue weighted by Gasteiger charge is 2.32. The average molecular weight is 250 g/mol. The van der Waals surface area contributed by atoms with Crippen LogP contribution in [0.15, 0.2) is 29.4 Å². The molecule has 0 saturated heterocycles. The van der Waals surface area contributed by atoms with Crippen molar-refractivity contribution in [2.45, 2.75) is 25.9 Å². The quantitative estimate of drug-likeness (QED) is 0.893. The van der Waals surface area contributed by atoms with Crippen molar-refractivity contribution in [2.24, 2.45) is 5.16 Å². The van der Waals surface area contributed by atoms with E-state index in [2.05, 4.69) is 10.5 Å². The Kier molecular flexibility index (Phi) is 3.32. The van der Waals surface area contributed by atoms with Crippen LogP contribution in [0.4, 0.5) is 4.39 Å². The Morgan fingerprint density at radius 1 is 1.61 bits per heavy atom. The van der Waals surface area contributed by atoms with Crippen LogP contribution in [0.1, 0.15) is 30.6 Å². The molecule has 5 heteroatoms. The number of carbonyl (C=O) groups is 1. The number of amides is 1. The van der Waals surface area contributed by atoms with Crippen molar-refractivity contribution in [3.8, 4) is 0 Å². The number of benzene rings is 1. The first-order valence-corrected chi connectivity index (χ1v) is 5.74. The predicted molar refractivity (Wildman–Crippen MR) is 65.9 cm³/mol. The molecule has 0 aliphatic carbocycles. The summed E-state index contributed by atoms with van der Waals surface area (Å²) in [5.74, 6) is -0.742. The van der Waals surface area contributed by atoms with E-state index in [0.717, 1.165) is 5.71 Å². The minimum Gasteiger partial charge on any atom is -0.387 e. The molecule has 96 valence electrons. The van der Waals surface area contributed by atoms with E-state index in [1.807, 2.05) is 13.8 Å². The van der Waals surface area contributed by atoms with E-state index >= 15 is 0 Å². The van der Waals surface area contributed by atoms with Gasteiger partial charge in [0.2, 0.25) is 0 Å². The van der Waals surface area contributed by atoms with Gasteiger partial charge < -0.3 is 10.2 Å². The second-order valence-electron chi connectivity index (χ2n) is 4.74. The maximum atomic E-state index is 13.0. The molecule has 1 heterocycles. The number of halogens is 1. The van der Waals surface area contributed by atoms with Crippen LogP contribution in [0.25, 0.3) is 0 Å². The first-order chi connectivity index (χ1) is 8.48. The smallest absolute Gasteiger partial charge is 0.251 e. The van der Waals surface area contributed by atoms with Crippen molar-refractivity contribution in [2.75, 3.05) is 6.54 Å². The lowest BCUT2D eigenvalue weighted by Crippen LogP contribution is -2.40. The summed E-state index contributed by atoms with van der Waals surface area (Å²) in [7, 11) is 0. The van der Waals surface area contributed by atoms with Crippen molar-refractivity contribution in [3.05, 3.63) is 35.6 Å². The summed E-state index contributed by atoms with van der Waals surface area (Å²) >= 11 is 0. The Bertz CT molecular complexity index is 502. The van der Waals surface area contributed by atoms with E-state index in [0.29, 0.717) is 18.5 Å². The van der Waals surface area contributed by atoms with E-state index in [1.165, 1.54) is 18.2 Å². The lowest BCUT2D eigenvalue weighted by atomic mass is 10.0. The van der Waals surface area contributed by atoms with E-state index < -0.39 is 11.4 Å². The zero-order valence-electron chi connectivity index (χ0n) is 10.4. The zero-order chi connectivity index (χ0) is 13.2. The molecule has 1 aliphatic rings. The van der Waals surface area contributed by atoms with Crippen molar-refractivity contribution >= 4 is 11.6 Å². The van der Waals surface area contributed by atoms with E-state index in [9.17, 15) is 9.18 Å². The molecule has 1 atom stereocenters. The van der Waals surface area contributed by atoms with Gasteiger partial charge >= 0.3 is 0 Å². The second-order valence-corrected chi connectivity index (χ2v) is 4.74. The third kappa shape index (κ3) is 2.85. The van der Waals surface area contributed by atoms with Gasteiger partial charge in [-0.1, -0.05) is 11.2 Å². The SMILES string of the molecule is CC1=NO[C@@](C)(CNC(=O)c2cccc(F)c2)C1. The maximum Gasteiger partial charge on any atom is 0.251 e. The summed E-state index contributed by atoms with van der Waals surface area (Å²) in [5.41, 5.74) is 0.694. The lowest BCUT2D eigenvalue weighted by Gasteiger charge is -2.21. The van der Waals surface area contributed by atoms with Crippen molar-refractivity contribution in [3.63, 3.8) is 0 Å². The Morgan fingerprint density at radius 2 is 2.39 bits per heavy atom. The molecule has 1 aliphatic heterocycles. The second kappa shape index (κ2) is 4.76. The molecule has 1 amide bonds. The molecule has 1 aromatic rings. The molecule has 0 fully saturated rings. The molecular formula is C13H15FN2O2. The summed E-state index contributed by atoms with van der Waals surface area (Å²) in [6.45, 7) is 4.09. The van der Waals surface area contributed by atoms with Crippen molar-refractivity contribution in [1.29, 1.82) is 0 Å². The largest absolute Gasteiger partial charge is 0.387 e. The van der Waals surface area contributed by atoms with E-state index in [4.69, 9.17) is 4.84 Å². The Balaban J connectivity index is 1.93. The number of rotatable bonds is 3. The molecule has 0 saturated carbocycles. The van der Waals surface area contributed by atoms with Gasteiger partial charge in [-0.15, -0.1) is 0 Å². The van der Waals surface area contributed by atoms with Crippen molar-refractivity contribution in [1.82, 2.24) is 5.32 Å². The minimum absolute atomic E-state index is 0.300. The number of nitrogens with one attached hydrogen (secondary N) is 1. The van der Waals surface area contributed by atoms with Gasteiger partial charge in [0.15, 0.2) is 5.60 Å². The molecular weight excluding hydrogens is 235 g/mol. The molecule has 4 nitrogen and oxygen atoms in total. The highest BCUT2D eigenvalue weighted by Crippen LogP contribution is 2.22. The molecule has 1 aromatic carbocycles. The minimum atomic E-state index is -0.507. The summed E-state index contributed by atoms with van der Waals surface area (Å²) in [6.07, 6.45) is 0.677. The summed E-state index contributed by atoms with van der Waals surface area (Å²) in [4.78, 5) is 17.1. The van der Waals surface area contributed by atoms with Crippen LogP contribution in [0.2, 0.25) is 0 Å². The fraction of sp³-hybridized carbons (Fsp3) is 0.385.